The molecular formula is C15H10BrClF2N2O2. The molecule has 0 fully saturated rings. The summed E-state index contributed by atoms with van der Waals surface area (Å²) in [7, 11) is 0. The second kappa shape index (κ2) is 7.57. The average molecular weight is 404 g/mol. The van der Waals surface area contributed by atoms with Gasteiger partial charge in [-0.25, -0.2) is 8.78 Å². The largest absolute Gasteiger partial charge is 0.479 e. The van der Waals surface area contributed by atoms with Crippen molar-refractivity contribution in [1.29, 1.82) is 5.26 Å². The van der Waals surface area contributed by atoms with Crippen LogP contribution in [0.15, 0.2) is 39.6 Å². The van der Waals surface area contributed by atoms with E-state index in [4.69, 9.17) is 21.6 Å². The molecule has 0 atom stereocenters. The van der Waals surface area contributed by atoms with Crippen LogP contribution in [-0.4, -0.2) is 17.6 Å². The first kappa shape index (κ1) is 17.4. The van der Waals surface area contributed by atoms with Crippen LogP contribution >= 0.6 is 27.5 Å². The molecule has 0 saturated heterocycles. The van der Waals surface area contributed by atoms with E-state index in [-0.39, 0.29) is 11.6 Å². The summed E-state index contributed by atoms with van der Waals surface area (Å²) in [6.45, 7) is -0.864. The van der Waals surface area contributed by atoms with Crippen molar-refractivity contribution in [3.05, 3.63) is 50.2 Å². The second-order valence-corrected chi connectivity index (χ2v) is 5.72. The Bertz CT molecular complexity index is 818. The van der Waals surface area contributed by atoms with E-state index in [0.717, 1.165) is 4.57 Å². The minimum Gasteiger partial charge on any atom is -0.479 e. The van der Waals surface area contributed by atoms with E-state index in [1.54, 1.807) is 18.2 Å². The number of rotatable bonds is 5. The first-order chi connectivity index (χ1) is 10.9. The molecule has 2 aromatic rings. The summed E-state index contributed by atoms with van der Waals surface area (Å²) in [5.74, 6) is 0.443. The number of nitriles is 1. The second-order valence-electron chi connectivity index (χ2n) is 4.46. The molecule has 0 N–H and O–H groups in total. The van der Waals surface area contributed by atoms with E-state index in [2.05, 4.69) is 15.9 Å². The number of benzene rings is 1. The third-order valence-corrected chi connectivity index (χ3v) is 3.91. The molecule has 4 nitrogen and oxygen atoms in total. The topological polar surface area (TPSA) is 55.0 Å². The standard InChI is InChI=1S/C15H10BrClF2N2O2/c16-11-7-9(23-6-5-20)1-2-10(11)13-4-3-12(17)15(22)21(13)8-14(18)19/h1-4,7,14H,6,8H2. The Labute approximate surface area is 144 Å². The van der Waals surface area contributed by atoms with Gasteiger partial charge in [-0.05, 0) is 46.3 Å². The van der Waals surface area contributed by atoms with Crippen molar-refractivity contribution in [3.63, 3.8) is 0 Å². The van der Waals surface area contributed by atoms with E-state index >= 15 is 0 Å². The van der Waals surface area contributed by atoms with Gasteiger partial charge in [0.15, 0.2) is 6.61 Å². The normalized spacial score (nSPS) is 10.6. The molecule has 0 aliphatic carbocycles. The number of ether oxygens (including phenoxy) is 1. The van der Waals surface area contributed by atoms with E-state index in [9.17, 15) is 13.6 Å². The third kappa shape index (κ3) is 4.09. The molecule has 1 aromatic heterocycles. The van der Waals surface area contributed by atoms with E-state index < -0.39 is 18.5 Å². The molecule has 1 heterocycles. The molecule has 0 spiro atoms. The van der Waals surface area contributed by atoms with E-state index in [1.165, 1.54) is 12.1 Å². The van der Waals surface area contributed by atoms with Gasteiger partial charge in [-0.15, -0.1) is 0 Å². The smallest absolute Gasteiger partial charge is 0.269 e. The lowest BCUT2D eigenvalue weighted by atomic mass is 10.1. The monoisotopic (exact) mass is 402 g/mol. The lowest BCUT2D eigenvalue weighted by Crippen LogP contribution is -2.25. The molecule has 0 aliphatic rings. The molecule has 23 heavy (non-hydrogen) atoms. The zero-order valence-electron chi connectivity index (χ0n) is 11.6. The Morgan fingerprint density at radius 1 is 1.35 bits per heavy atom. The Morgan fingerprint density at radius 3 is 2.70 bits per heavy atom. The van der Waals surface area contributed by atoms with Crippen molar-refractivity contribution in [3.8, 4) is 23.1 Å². The molecule has 0 amide bonds. The maximum absolute atomic E-state index is 12.8. The van der Waals surface area contributed by atoms with Crippen LogP contribution < -0.4 is 10.3 Å². The Hall–Kier alpha value is -1.91. The number of alkyl halides is 2. The van der Waals surface area contributed by atoms with Gasteiger partial charge in [-0.1, -0.05) is 11.6 Å². The van der Waals surface area contributed by atoms with Crippen LogP contribution in [0.3, 0.4) is 0 Å². The van der Waals surface area contributed by atoms with Crippen molar-refractivity contribution in [2.45, 2.75) is 13.0 Å². The minimum atomic E-state index is -2.69. The molecule has 0 radical (unpaired) electrons. The van der Waals surface area contributed by atoms with Gasteiger partial charge in [0.1, 0.15) is 16.8 Å². The molecule has 0 saturated carbocycles. The highest BCUT2D eigenvalue weighted by atomic mass is 79.9. The third-order valence-electron chi connectivity index (χ3n) is 2.97. The minimum absolute atomic E-state index is 0.108. The summed E-state index contributed by atoms with van der Waals surface area (Å²) in [5, 5.41) is 8.37. The highest BCUT2D eigenvalue weighted by Gasteiger charge is 2.16. The lowest BCUT2D eigenvalue weighted by Gasteiger charge is -2.15. The van der Waals surface area contributed by atoms with Gasteiger partial charge in [0.05, 0.1) is 12.2 Å². The van der Waals surface area contributed by atoms with Crippen molar-refractivity contribution >= 4 is 27.5 Å². The quantitative estimate of drug-likeness (QED) is 0.755. The fourth-order valence-electron chi connectivity index (χ4n) is 2.02. The molecule has 0 unspecified atom stereocenters. The highest BCUT2D eigenvalue weighted by molar-refractivity contribution is 9.10. The molecular weight excluding hydrogens is 394 g/mol. The van der Waals surface area contributed by atoms with Crippen LogP contribution in [0.25, 0.3) is 11.3 Å². The summed E-state index contributed by atoms with van der Waals surface area (Å²) in [6.07, 6.45) is -2.69. The molecule has 8 heteroatoms. The number of nitrogens with zero attached hydrogens (tertiary/aromatic N) is 2. The number of hydrogen-bond donors (Lipinski definition) is 0. The van der Waals surface area contributed by atoms with Crippen LogP contribution in [0.2, 0.25) is 5.02 Å². The Morgan fingerprint density at radius 2 is 2.09 bits per heavy atom. The Balaban J connectivity index is 2.52. The van der Waals surface area contributed by atoms with Crippen LogP contribution in [0.1, 0.15) is 0 Å². The predicted octanol–water partition coefficient (Wildman–Crippen LogP) is 4.10. The number of aromatic nitrogens is 1. The van der Waals surface area contributed by atoms with Gasteiger partial charge in [0.2, 0.25) is 0 Å². The Kier molecular flexibility index (Phi) is 5.74. The number of hydrogen-bond acceptors (Lipinski definition) is 3. The van der Waals surface area contributed by atoms with Crippen LogP contribution in [-0.2, 0) is 6.54 Å². The van der Waals surface area contributed by atoms with Crippen molar-refractivity contribution in [2.75, 3.05) is 6.61 Å². The van der Waals surface area contributed by atoms with Crippen LogP contribution in [0.4, 0.5) is 8.78 Å². The maximum atomic E-state index is 12.8. The SMILES string of the molecule is N#CCOc1ccc(-c2ccc(Cl)c(=O)n2CC(F)F)c(Br)c1. The molecule has 0 bridgehead atoms. The van der Waals surface area contributed by atoms with Crippen molar-refractivity contribution in [1.82, 2.24) is 4.57 Å². The van der Waals surface area contributed by atoms with Gasteiger partial charge in [0.25, 0.3) is 12.0 Å². The fraction of sp³-hybridized carbons (Fsp3) is 0.200. The lowest BCUT2D eigenvalue weighted by molar-refractivity contribution is 0.126. The number of pyridine rings is 1. The highest BCUT2D eigenvalue weighted by Crippen LogP contribution is 2.31. The molecule has 1 aromatic carbocycles. The zero-order valence-corrected chi connectivity index (χ0v) is 13.9. The van der Waals surface area contributed by atoms with Crippen molar-refractivity contribution < 1.29 is 13.5 Å². The van der Waals surface area contributed by atoms with E-state index in [1.807, 2.05) is 6.07 Å². The summed E-state index contributed by atoms with van der Waals surface area (Å²) >= 11 is 9.06. The van der Waals surface area contributed by atoms with Crippen LogP contribution in [0, 0.1) is 11.3 Å². The average Bonchev–Trinajstić information content (AvgIpc) is 2.50. The predicted molar refractivity (Wildman–Crippen MR) is 86.0 cm³/mol. The van der Waals surface area contributed by atoms with Crippen LogP contribution in [0.5, 0.6) is 5.75 Å². The van der Waals surface area contributed by atoms with Gasteiger partial charge >= 0.3 is 0 Å². The summed E-state index contributed by atoms with van der Waals surface area (Å²) < 4.78 is 32.2. The summed E-state index contributed by atoms with van der Waals surface area (Å²) in [4.78, 5) is 12.0. The zero-order chi connectivity index (χ0) is 17.0. The molecule has 2 rings (SSSR count). The van der Waals surface area contributed by atoms with Gasteiger partial charge in [-0.3, -0.25) is 4.79 Å². The fourth-order valence-corrected chi connectivity index (χ4v) is 2.74. The van der Waals surface area contributed by atoms with Gasteiger partial charge < -0.3 is 9.30 Å². The van der Waals surface area contributed by atoms with Gasteiger partial charge in [0, 0.05) is 10.0 Å². The first-order valence-electron chi connectivity index (χ1n) is 6.41. The molecule has 0 aliphatic heterocycles. The maximum Gasteiger partial charge on any atom is 0.269 e. The van der Waals surface area contributed by atoms with Gasteiger partial charge in [-0.2, -0.15) is 5.26 Å². The summed E-state index contributed by atoms with van der Waals surface area (Å²) in [5.41, 5.74) is 0.156. The first-order valence-corrected chi connectivity index (χ1v) is 7.58. The number of halogens is 4. The molecule has 120 valence electrons. The van der Waals surface area contributed by atoms with Crippen molar-refractivity contribution in [2.24, 2.45) is 0 Å². The van der Waals surface area contributed by atoms with E-state index in [0.29, 0.717) is 21.5 Å². The summed E-state index contributed by atoms with van der Waals surface area (Å²) in [6, 6.07) is 9.51.